The first-order valence-corrected chi connectivity index (χ1v) is 5.52. The van der Waals surface area contributed by atoms with E-state index in [9.17, 15) is 0 Å². The Balaban J connectivity index is 2.49. The standard InChI is InChI=1S/C12H16N4O/c1-7(2)6-17-9-5-3-4-8-10(9)11(13)16-12(14)15-8/h3-5,7H,6H2,1-2H3,(H4,13,14,15,16). The highest BCUT2D eigenvalue weighted by molar-refractivity contribution is 5.94. The van der Waals surface area contributed by atoms with Crippen LogP contribution >= 0.6 is 0 Å². The lowest BCUT2D eigenvalue weighted by atomic mass is 10.2. The van der Waals surface area contributed by atoms with Crippen LogP contribution in [0.2, 0.25) is 0 Å². The number of nitrogens with zero attached hydrogens (tertiary/aromatic N) is 2. The highest BCUT2D eigenvalue weighted by atomic mass is 16.5. The Morgan fingerprint density at radius 1 is 1.24 bits per heavy atom. The number of nitrogens with two attached hydrogens (primary N) is 2. The molecule has 1 heterocycles. The fraction of sp³-hybridized carbons (Fsp3) is 0.333. The van der Waals surface area contributed by atoms with Crippen molar-refractivity contribution in [1.29, 1.82) is 0 Å². The van der Waals surface area contributed by atoms with E-state index < -0.39 is 0 Å². The van der Waals surface area contributed by atoms with Gasteiger partial charge in [-0.1, -0.05) is 19.9 Å². The van der Waals surface area contributed by atoms with E-state index in [1.54, 1.807) is 0 Å². The molecule has 0 aliphatic rings. The van der Waals surface area contributed by atoms with Gasteiger partial charge in [0.05, 0.1) is 17.5 Å². The highest BCUT2D eigenvalue weighted by Gasteiger charge is 2.09. The number of nitrogen functional groups attached to an aromatic ring is 2. The summed E-state index contributed by atoms with van der Waals surface area (Å²) in [6.45, 7) is 4.80. The summed E-state index contributed by atoms with van der Waals surface area (Å²) in [5, 5.41) is 0.724. The number of anilines is 2. The molecule has 0 aliphatic heterocycles. The van der Waals surface area contributed by atoms with E-state index in [0.717, 1.165) is 5.39 Å². The summed E-state index contributed by atoms with van der Waals surface area (Å²) in [6, 6.07) is 5.57. The fourth-order valence-corrected chi connectivity index (χ4v) is 1.57. The Labute approximate surface area is 99.8 Å². The molecular formula is C12H16N4O. The summed E-state index contributed by atoms with van der Waals surface area (Å²) >= 11 is 0. The van der Waals surface area contributed by atoms with Gasteiger partial charge in [0.15, 0.2) is 0 Å². The second-order valence-corrected chi connectivity index (χ2v) is 4.32. The maximum atomic E-state index is 5.85. The lowest BCUT2D eigenvalue weighted by molar-refractivity contribution is 0.274. The van der Waals surface area contributed by atoms with E-state index in [2.05, 4.69) is 23.8 Å². The number of fused-ring (bicyclic) bond motifs is 1. The zero-order chi connectivity index (χ0) is 12.4. The summed E-state index contributed by atoms with van der Waals surface area (Å²) in [5.41, 5.74) is 12.1. The third-order valence-corrected chi connectivity index (χ3v) is 2.30. The quantitative estimate of drug-likeness (QED) is 0.843. The van der Waals surface area contributed by atoms with Crippen molar-refractivity contribution in [3.8, 4) is 5.75 Å². The van der Waals surface area contributed by atoms with Gasteiger partial charge in [-0.05, 0) is 18.1 Å². The van der Waals surface area contributed by atoms with E-state index in [0.29, 0.717) is 29.6 Å². The predicted octanol–water partition coefficient (Wildman–Crippen LogP) is 1.83. The van der Waals surface area contributed by atoms with Gasteiger partial charge in [-0.2, -0.15) is 4.98 Å². The van der Waals surface area contributed by atoms with Crippen LogP contribution in [0.3, 0.4) is 0 Å². The van der Waals surface area contributed by atoms with Crippen molar-refractivity contribution in [3.05, 3.63) is 18.2 Å². The van der Waals surface area contributed by atoms with Gasteiger partial charge in [-0.25, -0.2) is 4.98 Å². The van der Waals surface area contributed by atoms with Crippen LogP contribution in [0.15, 0.2) is 18.2 Å². The molecule has 0 unspecified atom stereocenters. The van der Waals surface area contributed by atoms with Crippen LogP contribution in [0.25, 0.3) is 10.9 Å². The van der Waals surface area contributed by atoms with Crippen molar-refractivity contribution < 1.29 is 4.74 Å². The van der Waals surface area contributed by atoms with Crippen molar-refractivity contribution in [2.75, 3.05) is 18.1 Å². The summed E-state index contributed by atoms with van der Waals surface area (Å²) < 4.78 is 5.70. The number of rotatable bonds is 3. The van der Waals surface area contributed by atoms with E-state index in [-0.39, 0.29) is 5.95 Å². The second-order valence-electron chi connectivity index (χ2n) is 4.32. The van der Waals surface area contributed by atoms with E-state index in [4.69, 9.17) is 16.2 Å². The second kappa shape index (κ2) is 4.45. The van der Waals surface area contributed by atoms with Crippen LogP contribution in [0, 0.1) is 5.92 Å². The lowest BCUT2D eigenvalue weighted by Crippen LogP contribution is -2.06. The first-order chi connectivity index (χ1) is 8.08. The predicted molar refractivity (Wildman–Crippen MR) is 68.7 cm³/mol. The van der Waals surface area contributed by atoms with Crippen molar-refractivity contribution >= 4 is 22.7 Å². The maximum absolute atomic E-state index is 5.85. The average molecular weight is 232 g/mol. The average Bonchev–Trinajstić information content (AvgIpc) is 2.25. The van der Waals surface area contributed by atoms with Gasteiger partial charge in [-0.15, -0.1) is 0 Å². The smallest absolute Gasteiger partial charge is 0.222 e. The van der Waals surface area contributed by atoms with Crippen molar-refractivity contribution in [2.45, 2.75) is 13.8 Å². The molecular weight excluding hydrogens is 216 g/mol. The molecule has 2 rings (SSSR count). The van der Waals surface area contributed by atoms with Gasteiger partial charge in [0.1, 0.15) is 11.6 Å². The molecule has 4 N–H and O–H groups in total. The van der Waals surface area contributed by atoms with Crippen molar-refractivity contribution in [1.82, 2.24) is 9.97 Å². The number of hydrogen-bond acceptors (Lipinski definition) is 5. The van der Waals surface area contributed by atoms with E-state index >= 15 is 0 Å². The van der Waals surface area contributed by atoms with Crippen LogP contribution in [0.4, 0.5) is 11.8 Å². The van der Waals surface area contributed by atoms with E-state index in [1.165, 1.54) is 0 Å². The molecule has 0 spiro atoms. The van der Waals surface area contributed by atoms with Crippen LogP contribution < -0.4 is 16.2 Å². The zero-order valence-electron chi connectivity index (χ0n) is 9.97. The lowest BCUT2D eigenvalue weighted by Gasteiger charge is -2.12. The number of aromatic nitrogens is 2. The van der Waals surface area contributed by atoms with Gasteiger partial charge in [0.2, 0.25) is 5.95 Å². The number of hydrogen-bond donors (Lipinski definition) is 2. The molecule has 1 aromatic carbocycles. The molecule has 0 aliphatic carbocycles. The molecule has 0 bridgehead atoms. The van der Waals surface area contributed by atoms with Crippen LogP contribution in [-0.4, -0.2) is 16.6 Å². The van der Waals surface area contributed by atoms with E-state index in [1.807, 2.05) is 18.2 Å². The minimum absolute atomic E-state index is 0.177. The molecule has 0 radical (unpaired) electrons. The number of benzene rings is 1. The molecule has 5 nitrogen and oxygen atoms in total. The summed E-state index contributed by atoms with van der Waals surface area (Å²) in [6.07, 6.45) is 0. The third-order valence-electron chi connectivity index (χ3n) is 2.30. The van der Waals surface area contributed by atoms with Gasteiger partial charge in [0.25, 0.3) is 0 Å². The Bertz CT molecular complexity index is 539. The summed E-state index contributed by atoms with van der Waals surface area (Å²) in [4.78, 5) is 8.08. The topological polar surface area (TPSA) is 87.0 Å². The minimum Gasteiger partial charge on any atom is -0.492 e. The monoisotopic (exact) mass is 232 g/mol. The third kappa shape index (κ3) is 2.38. The minimum atomic E-state index is 0.177. The van der Waals surface area contributed by atoms with Gasteiger partial charge < -0.3 is 16.2 Å². The Hall–Kier alpha value is -2.04. The molecule has 0 amide bonds. The van der Waals surface area contributed by atoms with Gasteiger partial charge in [-0.3, -0.25) is 0 Å². The van der Waals surface area contributed by atoms with Crippen LogP contribution in [-0.2, 0) is 0 Å². The molecule has 0 saturated heterocycles. The largest absolute Gasteiger partial charge is 0.492 e. The molecule has 0 saturated carbocycles. The van der Waals surface area contributed by atoms with Gasteiger partial charge in [0, 0.05) is 0 Å². The molecule has 2 aromatic rings. The van der Waals surface area contributed by atoms with Crippen LogP contribution in [0.5, 0.6) is 5.75 Å². The van der Waals surface area contributed by atoms with Gasteiger partial charge >= 0.3 is 0 Å². The highest BCUT2D eigenvalue weighted by Crippen LogP contribution is 2.29. The number of ether oxygens (including phenoxy) is 1. The van der Waals surface area contributed by atoms with Crippen molar-refractivity contribution in [2.24, 2.45) is 5.92 Å². The Morgan fingerprint density at radius 2 is 2.00 bits per heavy atom. The first-order valence-electron chi connectivity index (χ1n) is 5.52. The molecule has 17 heavy (non-hydrogen) atoms. The van der Waals surface area contributed by atoms with Crippen LogP contribution in [0.1, 0.15) is 13.8 Å². The van der Waals surface area contributed by atoms with Crippen molar-refractivity contribution in [3.63, 3.8) is 0 Å². The molecule has 0 fully saturated rings. The first kappa shape index (κ1) is 11.4. The summed E-state index contributed by atoms with van der Waals surface area (Å²) in [5.74, 6) is 1.68. The maximum Gasteiger partial charge on any atom is 0.222 e. The SMILES string of the molecule is CC(C)COc1cccc2nc(N)nc(N)c12. The normalized spacial score (nSPS) is 11.0. The fourth-order valence-electron chi connectivity index (χ4n) is 1.57. The molecule has 5 heteroatoms. The molecule has 0 atom stereocenters. The summed E-state index contributed by atoms with van der Waals surface area (Å²) in [7, 11) is 0. The molecule has 90 valence electrons. The Morgan fingerprint density at radius 3 is 2.71 bits per heavy atom. The molecule has 1 aromatic heterocycles. The zero-order valence-corrected chi connectivity index (χ0v) is 9.97. The Kier molecular flexibility index (Phi) is 2.99.